The first kappa shape index (κ1) is 22.8. The first-order chi connectivity index (χ1) is 14.8. The maximum atomic E-state index is 12.1. The number of carbonyl (C=O) groups excluding carboxylic acids is 1. The van der Waals surface area contributed by atoms with Gasteiger partial charge in [-0.15, -0.1) is 0 Å². The number of carbonyl (C=O) groups is 1. The van der Waals surface area contributed by atoms with Gasteiger partial charge >= 0.3 is 0 Å². The van der Waals surface area contributed by atoms with Gasteiger partial charge in [0.2, 0.25) is 5.91 Å². The summed E-state index contributed by atoms with van der Waals surface area (Å²) in [6.07, 6.45) is 14.0. The summed E-state index contributed by atoms with van der Waals surface area (Å²) in [7, 11) is 0. The summed E-state index contributed by atoms with van der Waals surface area (Å²) in [5.41, 5.74) is 2.31. The topological polar surface area (TPSA) is 56.2 Å². The van der Waals surface area contributed by atoms with E-state index in [1.54, 1.807) is 0 Å². The number of hydrogen-bond donors (Lipinski definition) is 1. The Morgan fingerprint density at radius 1 is 1.10 bits per heavy atom. The number of benzene rings is 1. The Morgan fingerprint density at radius 2 is 1.87 bits per heavy atom. The lowest BCUT2D eigenvalue weighted by molar-refractivity contribution is -0.130. The lowest BCUT2D eigenvalue weighted by Crippen LogP contribution is -2.34. The van der Waals surface area contributed by atoms with E-state index in [-0.39, 0.29) is 12.0 Å². The normalized spacial score (nSPS) is 16.4. The van der Waals surface area contributed by atoms with E-state index in [9.17, 15) is 4.79 Å². The van der Waals surface area contributed by atoms with Crippen LogP contribution in [0.2, 0.25) is 0 Å². The Hall–Kier alpha value is -1.88. The van der Waals surface area contributed by atoms with Gasteiger partial charge in [0, 0.05) is 26.1 Å². The van der Waals surface area contributed by atoms with Gasteiger partial charge in [0.25, 0.3) is 0 Å². The third-order valence-electron chi connectivity index (χ3n) is 6.07. The smallest absolute Gasteiger partial charge is 0.249 e. The molecule has 3 rings (SSSR count). The minimum Gasteiger partial charge on any atom is -0.368 e. The van der Waals surface area contributed by atoms with Crippen LogP contribution in [0.3, 0.4) is 0 Å². The van der Waals surface area contributed by atoms with Gasteiger partial charge < -0.3 is 14.6 Å². The zero-order valence-corrected chi connectivity index (χ0v) is 18.7. The van der Waals surface area contributed by atoms with Crippen molar-refractivity contribution in [1.82, 2.24) is 14.9 Å². The number of imidazole rings is 1. The lowest BCUT2D eigenvalue weighted by atomic mass is 10.1. The van der Waals surface area contributed by atoms with Crippen molar-refractivity contribution in [3.8, 4) is 0 Å². The molecule has 0 saturated carbocycles. The quantitative estimate of drug-likeness (QED) is 0.422. The molecule has 1 aliphatic heterocycles. The van der Waals surface area contributed by atoms with Crippen molar-refractivity contribution >= 4 is 16.9 Å². The number of amides is 1. The van der Waals surface area contributed by atoms with Gasteiger partial charge in [-0.1, -0.05) is 64.0 Å². The predicted octanol–water partition coefficient (Wildman–Crippen LogP) is 5.40. The fourth-order valence-electron chi connectivity index (χ4n) is 4.33. The van der Waals surface area contributed by atoms with Crippen LogP contribution in [0.5, 0.6) is 0 Å². The fourth-order valence-corrected chi connectivity index (χ4v) is 4.33. The van der Waals surface area contributed by atoms with Crippen molar-refractivity contribution in [3.63, 3.8) is 0 Å². The molecule has 2 heterocycles. The summed E-state index contributed by atoms with van der Waals surface area (Å²) in [6.45, 7) is 4.69. The molecule has 1 aliphatic rings. The number of rotatable bonds is 14. The second-order valence-electron chi connectivity index (χ2n) is 8.54. The Balaban J connectivity index is 1.44. The van der Waals surface area contributed by atoms with Crippen molar-refractivity contribution in [3.05, 3.63) is 30.1 Å². The van der Waals surface area contributed by atoms with Gasteiger partial charge in [-0.2, -0.15) is 0 Å². The highest BCUT2D eigenvalue weighted by atomic mass is 16.5. The molecule has 1 aromatic heterocycles. The molecule has 1 fully saturated rings. The molecule has 1 aromatic carbocycles. The summed E-state index contributed by atoms with van der Waals surface area (Å²) < 4.78 is 7.85. The predicted molar refractivity (Wildman–Crippen MR) is 123 cm³/mol. The number of unbranched alkanes of at least 4 members (excludes halogenated alkanes) is 7. The van der Waals surface area contributed by atoms with Crippen LogP contribution < -0.4 is 5.32 Å². The fraction of sp³-hybridized carbons (Fsp3) is 0.680. The lowest BCUT2D eigenvalue weighted by Gasteiger charge is -2.11. The van der Waals surface area contributed by atoms with Gasteiger partial charge in [-0.3, -0.25) is 4.79 Å². The Labute approximate surface area is 181 Å². The van der Waals surface area contributed by atoms with Crippen LogP contribution in [0.25, 0.3) is 11.0 Å². The van der Waals surface area contributed by atoms with Crippen LogP contribution in [0, 0.1) is 0 Å². The van der Waals surface area contributed by atoms with Crippen molar-refractivity contribution in [2.24, 2.45) is 0 Å². The number of nitrogens with zero attached hydrogens (tertiary/aromatic N) is 2. The highest BCUT2D eigenvalue weighted by molar-refractivity contribution is 5.80. The Kier molecular flexibility index (Phi) is 9.68. The first-order valence-corrected chi connectivity index (χ1v) is 12.1. The van der Waals surface area contributed by atoms with Crippen molar-refractivity contribution in [2.75, 3.05) is 13.2 Å². The van der Waals surface area contributed by atoms with E-state index in [2.05, 4.69) is 41.1 Å². The third kappa shape index (κ3) is 6.83. The number of aromatic nitrogens is 2. The SMILES string of the molecule is CCCCCCCCCCn1c(CCCNC(=O)C2CCCO2)nc2ccccc21. The maximum Gasteiger partial charge on any atom is 0.249 e. The molecule has 166 valence electrons. The van der Waals surface area contributed by atoms with Crippen molar-refractivity contribution in [1.29, 1.82) is 0 Å². The maximum absolute atomic E-state index is 12.1. The third-order valence-corrected chi connectivity index (χ3v) is 6.07. The van der Waals surface area contributed by atoms with E-state index in [4.69, 9.17) is 9.72 Å². The number of para-hydroxylation sites is 2. The molecular formula is C25H39N3O2. The van der Waals surface area contributed by atoms with Crippen LogP contribution in [0.15, 0.2) is 24.3 Å². The van der Waals surface area contributed by atoms with Crippen LogP contribution in [0.4, 0.5) is 0 Å². The minimum atomic E-state index is -0.239. The highest BCUT2D eigenvalue weighted by Gasteiger charge is 2.22. The summed E-state index contributed by atoms with van der Waals surface area (Å²) in [5, 5.41) is 3.03. The number of aryl methyl sites for hydroxylation is 2. The molecule has 5 nitrogen and oxygen atoms in total. The summed E-state index contributed by atoms with van der Waals surface area (Å²) in [6, 6.07) is 8.43. The van der Waals surface area contributed by atoms with E-state index < -0.39 is 0 Å². The number of ether oxygens (including phenoxy) is 1. The highest BCUT2D eigenvalue weighted by Crippen LogP contribution is 2.19. The van der Waals surface area contributed by atoms with Gasteiger partial charge in [-0.25, -0.2) is 4.98 Å². The van der Waals surface area contributed by atoms with Crippen LogP contribution in [-0.4, -0.2) is 34.7 Å². The molecule has 2 aromatic rings. The van der Waals surface area contributed by atoms with Crippen LogP contribution in [-0.2, 0) is 22.5 Å². The van der Waals surface area contributed by atoms with E-state index in [1.807, 2.05) is 0 Å². The molecule has 1 unspecified atom stereocenters. The van der Waals surface area contributed by atoms with Crippen LogP contribution in [0.1, 0.15) is 83.4 Å². The zero-order chi connectivity index (χ0) is 21.0. The standard InChI is InChI=1S/C25H39N3O2/c1-2-3-4-5-6-7-8-11-19-28-22-15-10-9-14-21(22)27-24(28)17-12-18-26-25(29)23-16-13-20-30-23/h9-10,14-15,23H,2-8,11-13,16-20H2,1H3,(H,26,29). The van der Waals surface area contributed by atoms with Crippen LogP contribution >= 0.6 is 0 Å². The average molecular weight is 414 g/mol. The molecule has 1 N–H and O–H groups in total. The van der Waals surface area contributed by atoms with E-state index in [1.165, 1.54) is 56.9 Å². The Bertz CT molecular complexity index is 765. The molecule has 0 spiro atoms. The Morgan fingerprint density at radius 3 is 2.63 bits per heavy atom. The molecule has 0 aliphatic carbocycles. The largest absolute Gasteiger partial charge is 0.368 e. The van der Waals surface area contributed by atoms with Gasteiger partial charge in [0.05, 0.1) is 11.0 Å². The molecule has 30 heavy (non-hydrogen) atoms. The molecule has 5 heteroatoms. The number of hydrogen-bond acceptors (Lipinski definition) is 3. The van der Waals surface area contributed by atoms with Gasteiger partial charge in [0.1, 0.15) is 11.9 Å². The minimum absolute atomic E-state index is 0.0416. The molecule has 0 radical (unpaired) electrons. The number of nitrogens with one attached hydrogen (secondary N) is 1. The number of fused-ring (bicyclic) bond motifs is 1. The summed E-state index contributed by atoms with van der Waals surface area (Å²) in [5.74, 6) is 1.19. The zero-order valence-electron chi connectivity index (χ0n) is 18.7. The molecule has 1 saturated heterocycles. The average Bonchev–Trinajstić information content (AvgIpc) is 3.41. The second kappa shape index (κ2) is 12.7. The van der Waals surface area contributed by atoms with Gasteiger partial charge in [0.15, 0.2) is 0 Å². The molecular weight excluding hydrogens is 374 g/mol. The monoisotopic (exact) mass is 413 g/mol. The van der Waals surface area contributed by atoms with Gasteiger partial charge in [-0.05, 0) is 37.8 Å². The second-order valence-corrected chi connectivity index (χ2v) is 8.54. The molecule has 1 atom stereocenters. The summed E-state index contributed by atoms with van der Waals surface area (Å²) >= 11 is 0. The first-order valence-electron chi connectivity index (χ1n) is 12.1. The van der Waals surface area contributed by atoms with Crippen molar-refractivity contribution < 1.29 is 9.53 Å². The van der Waals surface area contributed by atoms with E-state index in [0.29, 0.717) is 13.2 Å². The molecule has 1 amide bonds. The van der Waals surface area contributed by atoms with Crippen molar-refractivity contribution in [2.45, 2.75) is 96.6 Å². The summed E-state index contributed by atoms with van der Waals surface area (Å²) in [4.78, 5) is 17.0. The van der Waals surface area contributed by atoms with E-state index in [0.717, 1.165) is 43.6 Å². The van der Waals surface area contributed by atoms with E-state index >= 15 is 0 Å². The molecule has 0 bridgehead atoms.